The molecule has 128 valence electrons. The molecule has 0 radical (unpaired) electrons. The second kappa shape index (κ2) is 8.40. The van der Waals surface area contributed by atoms with Crippen molar-refractivity contribution in [2.45, 2.75) is 26.5 Å². The van der Waals surface area contributed by atoms with Gasteiger partial charge in [-0.25, -0.2) is 9.98 Å². The fraction of sp³-hybridized carbons (Fsp3) is 0.294. The normalized spacial score (nSPS) is 11.5. The van der Waals surface area contributed by atoms with Crippen LogP contribution in [0.1, 0.15) is 19.4 Å². The van der Waals surface area contributed by atoms with Gasteiger partial charge >= 0.3 is 0 Å². The van der Waals surface area contributed by atoms with E-state index in [1.54, 1.807) is 25.4 Å². The minimum Gasteiger partial charge on any atom is -0.495 e. The van der Waals surface area contributed by atoms with Crippen molar-refractivity contribution in [3.05, 3.63) is 47.1 Å². The maximum atomic E-state index is 6.07. The molecule has 0 aliphatic rings. The second-order valence-corrected chi connectivity index (χ2v) is 5.75. The number of pyridine rings is 1. The van der Waals surface area contributed by atoms with Gasteiger partial charge in [-0.2, -0.15) is 0 Å². The van der Waals surface area contributed by atoms with Crippen LogP contribution in [-0.4, -0.2) is 24.2 Å². The molecule has 3 N–H and O–H groups in total. The Morgan fingerprint density at radius 1 is 1.33 bits per heavy atom. The summed E-state index contributed by atoms with van der Waals surface area (Å²) in [6, 6.07) is 9.02. The number of aliphatic imine (C=N–C) groups is 1. The lowest BCUT2D eigenvalue weighted by molar-refractivity contribution is 0.232. The number of hydrogen-bond donors (Lipinski definition) is 2. The molecule has 0 aliphatic heterocycles. The number of rotatable bonds is 6. The maximum Gasteiger partial charge on any atom is 0.213 e. The zero-order valence-electron chi connectivity index (χ0n) is 13.9. The van der Waals surface area contributed by atoms with Gasteiger partial charge < -0.3 is 20.5 Å². The van der Waals surface area contributed by atoms with Gasteiger partial charge in [0.15, 0.2) is 5.96 Å². The van der Waals surface area contributed by atoms with Crippen LogP contribution in [0, 0.1) is 0 Å². The van der Waals surface area contributed by atoms with Crippen LogP contribution in [0.5, 0.6) is 11.6 Å². The molecule has 0 aliphatic carbocycles. The Morgan fingerprint density at radius 2 is 2.12 bits per heavy atom. The molecule has 2 aromatic rings. The van der Waals surface area contributed by atoms with Gasteiger partial charge in [-0.3, -0.25) is 0 Å². The molecule has 0 unspecified atom stereocenters. The number of aromatic nitrogens is 1. The molecule has 0 fully saturated rings. The number of halogens is 1. The van der Waals surface area contributed by atoms with Crippen molar-refractivity contribution in [3.63, 3.8) is 0 Å². The van der Waals surface area contributed by atoms with Gasteiger partial charge in [-0.15, -0.1) is 0 Å². The number of guanidine groups is 1. The van der Waals surface area contributed by atoms with Crippen molar-refractivity contribution in [1.29, 1.82) is 0 Å². The van der Waals surface area contributed by atoms with Crippen LogP contribution < -0.4 is 20.5 Å². The molecular formula is C17H21ClN4O2. The summed E-state index contributed by atoms with van der Waals surface area (Å²) in [4.78, 5) is 8.51. The monoisotopic (exact) mass is 348 g/mol. The van der Waals surface area contributed by atoms with Crippen LogP contribution in [0.15, 0.2) is 41.5 Å². The summed E-state index contributed by atoms with van der Waals surface area (Å²) in [5.41, 5.74) is 7.56. The van der Waals surface area contributed by atoms with Crippen LogP contribution in [0.3, 0.4) is 0 Å². The Kier molecular flexibility index (Phi) is 6.26. The molecule has 0 saturated carbocycles. The van der Waals surface area contributed by atoms with Gasteiger partial charge in [0.05, 0.1) is 24.8 Å². The number of nitrogens with one attached hydrogen (secondary N) is 1. The topological polar surface area (TPSA) is 81.8 Å². The number of anilines is 1. The Labute approximate surface area is 146 Å². The summed E-state index contributed by atoms with van der Waals surface area (Å²) in [6.07, 6.45) is 1.82. The first-order valence-corrected chi connectivity index (χ1v) is 7.88. The first-order chi connectivity index (χ1) is 11.5. The largest absolute Gasteiger partial charge is 0.495 e. The van der Waals surface area contributed by atoms with Crippen molar-refractivity contribution in [3.8, 4) is 11.6 Å². The van der Waals surface area contributed by atoms with Crippen LogP contribution in [-0.2, 0) is 6.54 Å². The average molecular weight is 349 g/mol. The van der Waals surface area contributed by atoms with E-state index in [1.807, 2.05) is 32.0 Å². The highest BCUT2D eigenvalue weighted by Gasteiger charge is 2.03. The van der Waals surface area contributed by atoms with E-state index in [-0.39, 0.29) is 6.10 Å². The van der Waals surface area contributed by atoms with Gasteiger partial charge in [0.2, 0.25) is 5.88 Å². The number of benzene rings is 1. The number of methoxy groups -OCH3 is 1. The van der Waals surface area contributed by atoms with E-state index in [4.69, 9.17) is 26.8 Å². The molecule has 2 rings (SSSR count). The highest BCUT2D eigenvalue weighted by Crippen LogP contribution is 2.27. The van der Waals surface area contributed by atoms with Crippen molar-refractivity contribution in [2.24, 2.45) is 10.7 Å². The fourth-order valence-corrected chi connectivity index (χ4v) is 2.18. The van der Waals surface area contributed by atoms with E-state index in [0.29, 0.717) is 29.2 Å². The molecule has 0 bridgehead atoms. The van der Waals surface area contributed by atoms with Gasteiger partial charge in [-0.05, 0) is 37.6 Å². The first kappa shape index (κ1) is 17.9. The lowest BCUT2D eigenvalue weighted by atomic mass is 10.3. The summed E-state index contributed by atoms with van der Waals surface area (Å²) in [5.74, 6) is 1.49. The summed E-state index contributed by atoms with van der Waals surface area (Å²) >= 11 is 6.07. The molecule has 24 heavy (non-hydrogen) atoms. The van der Waals surface area contributed by atoms with Crippen molar-refractivity contribution in [1.82, 2.24) is 4.98 Å². The highest BCUT2D eigenvalue weighted by molar-refractivity contribution is 6.32. The average Bonchev–Trinajstić information content (AvgIpc) is 2.54. The van der Waals surface area contributed by atoms with Gasteiger partial charge in [-0.1, -0.05) is 17.7 Å². The molecular weight excluding hydrogens is 328 g/mol. The second-order valence-electron chi connectivity index (χ2n) is 5.35. The Morgan fingerprint density at radius 3 is 2.71 bits per heavy atom. The fourth-order valence-electron chi connectivity index (χ4n) is 1.92. The van der Waals surface area contributed by atoms with Crippen LogP contribution >= 0.6 is 11.6 Å². The Bertz CT molecular complexity index is 702. The van der Waals surface area contributed by atoms with Crippen LogP contribution in [0.25, 0.3) is 0 Å². The smallest absolute Gasteiger partial charge is 0.213 e. The lowest BCUT2D eigenvalue weighted by Crippen LogP contribution is -2.22. The molecule has 7 heteroatoms. The number of hydrogen-bond acceptors (Lipinski definition) is 4. The van der Waals surface area contributed by atoms with Gasteiger partial charge in [0.1, 0.15) is 5.75 Å². The standard InChI is InChI=1S/C17H21ClN4O2/c1-11(2)24-16-7-4-12(9-20-16)10-21-17(19)22-13-5-6-15(23-3)14(18)8-13/h4-9,11H,10H2,1-3H3,(H3,19,21,22). The summed E-state index contributed by atoms with van der Waals surface area (Å²) in [6.45, 7) is 4.33. The predicted molar refractivity (Wildman–Crippen MR) is 97.0 cm³/mol. The quantitative estimate of drug-likeness (QED) is 0.617. The van der Waals surface area contributed by atoms with E-state index in [9.17, 15) is 0 Å². The molecule has 0 atom stereocenters. The maximum absolute atomic E-state index is 6.07. The van der Waals surface area contributed by atoms with E-state index in [2.05, 4.69) is 15.3 Å². The zero-order valence-corrected chi connectivity index (χ0v) is 14.7. The third-order valence-corrected chi connectivity index (χ3v) is 3.31. The van der Waals surface area contributed by atoms with Crippen molar-refractivity contribution < 1.29 is 9.47 Å². The molecule has 1 aromatic heterocycles. The summed E-state index contributed by atoms with van der Waals surface area (Å²) < 4.78 is 10.6. The van der Waals surface area contributed by atoms with Crippen molar-refractivity contribution >= 4 is 23.2 Å². The molecule has 0 saturated heterocycles. The SMILES string of the molecule is COc1ccc(NC(N)=NCc2ccc(OC(C)C)nc2)cc1Cl. The molecule has 1 aromatic carbocycles. The van der Waals surface area contributed by atoms with E-state index < -0.39 is 0 Å². The minimum absolute atomic E-state index is 0.0949. The van der Waals surface area contributed by atoms with E-state index >= 15 is 0 Å². The summed E-state index contributed by atoms with van der Waals surface area (Å²) in [7, 11) is 1.57. The van der Waals surface area contributed by atoms with Crippen LogP contribution in [0.2, 0.25) is 5.02 Å². The Balaban J connectivity index is 1.95. The minimum atomic E-state index is 0.0949. The predicted octanol–water partition coefficient (Wildman–Crippen LogP) is 3.46. The molecule has 0 spiro atoms. The zero-order chi connectivity index (χ0) is 17.5. The van der Waals surface area contributed by atoms with E-state index in [0.717, 1.165) is 11.3 Å². The third-order valence-electron chi connectivity index (χ3n) is 3.01. The number of ether oxygens (including phenoxy) is 2. The highest BCUT2D eigenvalue weighted by atomic mass is 35.5. The lowest BCUT2D eigenvalue weighted by Gasteiger charge is -2.09. The number of nitrogens with two attached hydrogens (primary N) is 1. The van der Waals surface area contributed by atoms with Gasteiger partial charge in [0.25, 0.3) is 0 Å². The van der Waals surface area contributed by atoms with Crippen LogP contribution in [0.4, 0.5) is 5.69 Å². The molecule has 6 nitrogen and oxygen atoms in total. The molecule has 1 heterocycles. The third kappa shape index (κ3) is 5.31. The van der Waals surface area contributed by atoms with Crippen molar-refractivity contribution in [2.75, 3.05) is 12.4 Å². The van der Waals surface area contributed by atoms with Gasteiger partial charge in [0, 0.05) is 18.0 Å². The summed E-state index contributed by atoms with van der Waals surface area (Å²) in [5, 5.41) is 3.48. The number of nitrogens with zero attached hydrogens (tertiary/aromatic N) is 2. The van der Waals surface area contributed by atoms with E-state index in [1.165, 1.54) is 0 Å². The molecule has 0 amide bonds. The Hall–Kier alpha value is -2.47. The first-order valence-electron chi connectivity index (χ1n) is 7.50.